The number of rotatable bonds is 2. The minimum Gasteiger partial charge on any atom is -0.384 e. The largest absolute Gasteiger partial charge is 0.451 e. The average molecular weight is 303 g/mol. The molecule has 0 saturated carbocycles. The molecule has 0 amide bonds. The highest BCUT2D eigenvalue weighted by atomic mass is 32.2. The number of halogens is 3. The van der Waals surface area contributed by atoms with E-state index < -0.39 is 17.6 Å². The molecule has 6 nitrogen and oxygen atoms in total. The van der Waals surface area contributed by atoms with Crippen molar-refractivity contribution in [2.75, 3.05) is 5.73 Å². The minimum absolute atomic E-state index is 0.0569. The van der Waals surface area contributed by atoms with Crippen molar-refractivity contribution in [3.8, 4) is 0 Å². The predicted octanol–water partition coefficient (Wildman–Crippen LogP) is 1.62. The lowest BCUT2D eigenvalue weighted by atomic mass is 10.5. The number of aromatic amines is 1. The third-order valence-electron chi connectivity index (χ3n) is 2.03. The van der Waals surface area contributed by atoms with Crippen molar-refractivity contribution in [2.24, 2.45) is 0 Å². The van der Waals surface area contributed by atoms with E-state index in [-0.39, 0.29) is 16.0 Å². The van der Waals surface area contributed by atoms with Crippen molar-refractivity contribution in [1.82, 2.24) is 19.9 Å². The SMILES string of the molecule is Cc1cc(=O)[nH]c(Sc2cc(N)nc(C(F)(F)F)n2)n1. The molecular weight excluding hydrogens is 295 g/mol. The van der Waals surface area contributed by atoms with E-state index in [1.165, 1.54) is 12.1 Å². The molecule has 0 atom stereocenters. The Hall–Kier alpha value is -2.10. The lowest BCUT2D eigenvalue weighted by Crippen LogP contribution is -2.13. The zero-order valence-corrected chi connectivity index (χ0v) is 10.8. The maximum absolute atomic E-state index is 12.6. The molecule has 20 heavy (non-hydrogen) atoms. The first-order chi connectivity index (χ1) is 9.24. The molecule has 2 aromatic heterocycles. The number of nitrogens with two attached hydrogens (primary N) is 1. The molecule has 0 radical (unpaired) electrons. The first-order valence-corrected chi connectivity index (χ1v) is 6.03. The molecule has 0 aliphatic rings. The van der Waals surface area contributed by atoms with Gasteiger partial charge in [0.25, 0.3) is 5.56 Å². The van der Waals surface area contributed by atoms with Crippen LogP contribution in [-0.4, -0.2) is 19.9 Å². The first-order valence-electron chi connectivity index (χ1n) is 5.21. The van der Waals surface area contributed by atoms with E-state index in [9.17, 15) is 18.0 Å². The van der Waals surface area contributed by atoms with Gasteiger partial charge in [0.2, 0.25) is 5.82 Å². The number of nitrogen functional groups attached to an aromatic ring is 1. The van der Waals surface area contributed by atoms with Gasteiger partial charge in [0, 0.05) is 17.8 Å². The van der Waals surface area contributed by atoms with Crippen LogP contribution in [0.25, 0.3) is 0 Å². The van der Waals surface area contributed by atoms with Gasteiger partial charge >= 0.3 is 6.18 Å². The molecule has 2 aromatic rings. The molecule has 0 saturated heterocycles. The fraction of sp³-hybridized carbons (Fsp3) is 0.200. The molecule has 0 aromatic carbocycles. The van der Waals surface area contributed by atoms with Crippen molar-refractivity contribution in [3.05, 3.63) is 34.0 Å². The smallest absolute Gasteiger partial charge is 0.384 e. The molecule has 0 aliphatic heterocycles. The van der Waals surface area contributed by atoms with Crippen LogP contribution in [0, 0.1) is 6.92 Å². The summed E-state index contributed by atoms with van der Waals surface area (Å²) in [6.45, 7) is 1.59. The fourth-order valence-corrected chi connectivity index (χ4v) is 2.17. The van der Waals surface area contributed by atoms with E-state index in [0.29, 0.717) is 5.69 Å². The lowest BCUT2D eigenvalue weighted by Gasteiger charge is -2.07. The van der Waals surface area contributed by atoms with Crippen molar-refractivity contribution >= 4 is 17.6 Å². The van der Waals surface area contributed by atoms with Gasteiger partial charge in [0.15, 0.2) is 5.16 Å². The summed E-state index contributed by atoms with van der Waals surface area (Å²) >= 11 is 0.763. The first kappa shape index (κ1) is 14.3. The molecule has 0 aliphatic carbocycles. The molecule has 0 unspecified atom stereocenters. The third kappa shape index (κ3) is 3.47. The van der Waals surface area contributed by atoms with Crippen LogP contribution in [0.3, 0.4) is 0 Å². The predicted molar refractivity (Wildman–Crippen MR) is 65.2 cm³/mol. The molecule has 10 heteroatoms. The molecule has 3 N–H and O–H groups in total. The quantitative estimate of drug-likeness (QED) is 0.646. The molecule has 0 spiro atoms. The van der Waals surface area contributed by atoms with E-state index >= 15 is 0 Å². The maximum atomic E-state index is 12.6. The lowest BCUT2D eigenvalue weighted by molar-refractivity contribution is -0.145. The summed E-state index contributed by atoms with van der Waals surface area (Å²) in [6, 6.07) is 2.43. The Bertz CT molecular complexity index is 700. The van der Waals surface area contributed by atoms with Crippen LogP contribution in [0.5, 0.6) is 0 Å². The number of nitrogens with zero attached hydrogens (tertiary/aromatic N) is 3. The Morgan fingerprint density at radius 3 is 2.55 bits per heavy atom. The van der Waals surface area contributed by atoms with Crippen LogP contribution in [-0.2, 0) is 6.18 Å². The summed E-state index contributed by atoms with van der Waals surface area (Å²) in [7, 11) is 0. The van der Waals surface area contributed by atoms with Gasteiger partial charge in [-0.05, 0) is 18.7 Å². The van der Waals surface area contributed by atoms with E-state index in [0.717, 1.165) is 11.8 Å². The Balaban J connectivity index is 2.38. The van der Waals surface area contributed by atoms with Crippen LogP contribution < -0.4 is 11.3 Å². The van der Waals surface area contributed by atoms with Gasteiger partial charge in [-0.1, -0.05) is 0 Å². The molecule has 106 valence electrons. The van der Waals surface area contributed by atoms with Gasteiger partial charge in [-0.15, -0.1) is 0 Å². The standard InChI is InChI=1S/C10H8F3N5OS/c1-4-2-6(19)17-9(15-4)20-7-3-5(14)16-8(18-7)10(11,12)13/h2-3H,1H3,(H2,14,16,18)(H,15,17,19). The maximum Gasteiger partial charge on any atom is 0.451 e. The number of aryl methyl sites for hydroxylation is 1. The average Bonchev–Trinajstić information content (AvgIpc) is 2.25. The van der Waals surface area contributed by atoms with Crippen LogP contribution in [0.1, 0.15) is 11.5 Å². The zero-order valence-electron chi connectivity index (χ0n) is 10.0. The molecule has 2 heterocycles. The Morgan fingerprint density at radius 1 is 1.25 bits per heavy atom. The Labute approximate surface area is 114 Å². The number of nitrogens with one attached hydrogen (secondary N) is 1. The van der Waals surface area contributed by atoms with Gasteiger partial charge in [-0.3, -0.25) is 4.79 Å². The highest BCUT2D eigenvalue weighted by Crippen LogP contribution is 2.30. The van der Waals surface area contributed by atoms with E-state index in [4.69, 9.17) is 5.73 Å². The number of alkyl halides is 3. The van der Waals surface area contributed by atoms with Gasteiger partial charge < -0.3 is 10.7 Å². The van der Waals surface area contributed by atoms with Crippen LogP contribution in [0.2, 0.25) is 0 Å². The van der Waals surface area contributed by atoms with E-state index in [2.05, 4.69) is 19.9 Å². The summed E-state index contributed by atoms with van der Waals surface area (Å²) in [5, 5.41) is 0.0693. The van der Waals surface area contributed by atoms with Crippen molar-refractivity contribution < 1.29 is 13.2 Å². The van der Waals surface area contributed by atoms with Crippen molar-refractivity contribution in [1.29, 1.82) is 0 Å². The summed E-state index contributed by atoms with van der Waals surface area (Å²) in [4.78, 5) is 24.1. The highest BCUT2D eigenvalue weighted by Gasteiger charge is 2.35. The van der Waals surface area contributed by atoms with Gasteiger partial charge in [-0.2, -0.15) is 13.2 Å². The summed E-state index contributed by atoms with van der Waals surface area (Å²) in [5.41, 5.74) is 5.35. The topological polar surface area (TPSA) is 97.5 Å². The fourth-order valence-electron chi connectivity index (χ4n) is 1.32. The van der Waals surface area contributed by atoms with Crippen LogP contribution in [0.4, 0.5) is 19.0 Å². The van der Waals surface area contributed by atoms with Gasteiger partial charge in [0.05, 0.1) is 0 Å². The number of hydrogen-bond acceptors (Lipinski definition) is 6. The third-order valence-corrected chi connectivity index (χ3v) is 2.83. The second-order valence-corrected chi connectivity index (χ2v) is 4.76. The minimum atomic E-state index is -4.70. The molecule has 2 rings (SSSR count). The number of aromatic nitrogens is 4. The molecule has 0 bridgehead atoms. The Kier molecular flexibility index (Phi) is 3.66. The second kappa shape index (κ2) is 5.12. The highest BCUT2D eigenvalue weighted by molar-refractivity contribution is 7.99. The number of anilines is 1. The van der Waals surface area contributed by atoms with Gasteiger partial charge in [-0.25, -0.2) is 15.0 Å². The summed E-state index contributed by atoms with van der Waals surface area (Å²) in [6.07, 6.45) is -4.70. The number of H-pyrrole nitrogens is 1. The summed E-state index contributed by atoms with van der Waals surface area (Å²) < 4.78 is 37.7. The van der Waals surface area contributed by atoms with Crippen LogP contribution in [0.15, 0.2) is 27.1 Å². The number of hydrogen-bond donors (Lipinski definition) is 2. The van der Waals surface area contributed by atoms with Crippen LogP contribution >= 0.6 is 11.8 Å². The monoisotopic (exact) mass is 303 g/mol. The Morgan fingerprint density at radius 2 is 1.95 bits per heavy atom. The van der Waals surface area contributed by atoms with Crippen molar-refractivity contribution in [3.63, 3.8) is 0 Å². The molecular formula is C10H8F3N5OS. The van der Waals surface area contributed by atoms with E-state index in [1.54, 1.807) is 6.92 Å². The second-order valence-electron chi connectivity index (χ2n) is 3.75. The van der Waals surface area contributed by atoms with E-state index in [1.807, 2.05) is 0 Å². The molecule has 0 fully saturated rings. The zero-order chi connectivity index (χ0) is 14.9. The van der Waals surface area contributed by atoms with Gasteiger partial charge in [0.1, 0.15) is 10.8 Å². The van der Waals surface area contributed by atoms with Crippen molar-refractivity contribution in [2.45, 2.75) is 23.3 Å². The summed E-state index contributed by atoms with van der Waals surface area (Å²) in [5.74, 6) is -1.65. The normalized spacial score (nSPS) is 11.6.